The Balaban J connectivity index is 2.01. The van der Waals surface area contributed by atoms with Gasteiger partial charge in [0.25, 0.3) is 0 Å². The summed E-state index contributed by atoms with van der Waals surface area (Å²) in [5.41, 5.74) is 3.98. The van der Waals surface area contributed by atoms with Crippen LogP contribution in [0, 0.1) is 6.92 Å². The Kier molecular flexibility index (Phi) is 5.40. The zero-order valence-corrected chi connectivity index (χ0v) is 13.1. The van der Waals surface area contributed by atoms with Crippen LogP contribution in [0.5, 0.6) is 5.75 Å². The summed E-state index contributed by atoms with van der Waals surface area (Å²) in [5, 5.41) is 13.1. The van der Waals surface area contributed by atoms with Crippen molar-refractivity contribution in [2.24, 2.45) is 0 Å². The highest BCUT2D eigenvalue weighted by Gasteiger charge is 2.13. The molecular weight excluding hydrogens is 258 g/mol. The summed E-state index contributed by atoms with van der Waals surface area (Å²) in [6.45, 7) is 6.58. The minimum atomic E-state index is 0.321. The molecule has 0 bridgehead atoms. The maximum Gasteiger partial charge on any atom is 0.115 e. The van der Waals surface area contributed by atoms with Crippen molar-refractivity contribution in [1.82, 2.24) is 5.32 Å². The number of phenols is 1. The van der Waals surface area contributed by atoms with E-state index in [4.69, 9.17) is 0 Å². The lowest BCUT2D eigenvalue weighted by molar-refractivity contribution is 0.441. The molecule has 0 aliphatic heterocycles. The molecule has 0 heterocycles. The lowest BCUT2D eigenvalue weighted by Crippen LogP contribution is -2.32. The highest BCUT2D eigenvalue weighted by molar-refractivity contribution is 5.29. The van der Waals surface area contributed by atoms with Crippen molar-refractivity contribution in [3.8, 4) is 5.75 Å². The summed E-state index contributed by atoms with van der Waals surface area (Å²) < 4.78 is 0. The Morgan fingerprint density at radius 1 is 1.05 bits per heavy atom. The van der Waals surface area contributed by atoms with E-state index in [1.54, 1.807) is 12.1 Å². The van der Waals surface area contributed by atoms with Crippen LogP contribution in [0.4, 0.5) is 0 Å². The smallest absolute Gasteiger partial charge is 0.115 e. The van der Waals surface area contributed by atoms with Gasteiger partial charge in [-0.2, -0.15) is 0 Å². The zero-order valence-electron chi connectivity index (χ0n) is 13.1. The topological polar surface area (TPSA) is 32.3 Å². The van der Waals surface area contributed by atoms with Gasteiger partial charge in [-0.05, 0) is 55.5 Å². The second-order valence-corrected chi connectivity index (χ2v) is 5.75. The Bertz CT molecular complexity index is 562. The molecule has 0 aromatic heterocycles. The Morgan fingerprint density at radius 3 is 2.33 bits per heavy atom. The number of phenolic OH excluding ortho intramolecular Hbond substituents is 1. The molecule has 2 N–H and O–H groups in total. The molecule has 2 atom stereocenters. The maximum atomic E-state index is 9.40. The fraction of sp³-hybridized carbons (Fsp3) is 0.368. The highest BCUT2D eigenvalue weighted by Crippen LogP contribution is 2.21. The van der Waals surface area contributed by atoms with Crippen molar-refractivity contribution in [2.45, 2.75) is 45.7 Å². The molecule has 0 aliphatic carbocycles. The van der Waals surface area contributed by atoms with Gasteiger partial charge < -0.3 is 10.4 Å². The van der Waals surface area contributed by atoms with Gasteiger partial charge in [-0.15, -0.1) is 0 Å². The van der Waals surface area contributed by atoms with E-state index in [9.17, 15) is 5.11 Å². The predicted molar refractivity (Wildman–Crippen MR) is 88.6 cm³/mol. The van der Waals surface area contributed by atoms with E-state index < -0.39 is 0 Å². The second kappa shape index (κ2) is 7.28. The van der Waals surface area contributed by atoms with Crippen molar-refractivity contribution >= 4 is 0 Å². The Labute approximate surface area is 127 Å². The van der Waals surface area contributed by atoms with Crippen molar-refractivity contribution in [2.75, 3.05) is 0 Å². The van der Waals surface area contributed by atoms with Crippen LogP contribution in [0.1, 0.15) is 43.0 Å². The molecule has 2 unspecified atom stereocenters. The van der Waals surface area contributed by atoms with E-state index in [1.165, 1.54) is 16.7 Å². The number of benzene rings is 2. The average molecular weight is 283 g/mol. The van der Waals surface area contributed by atoms with Gasteiger partial charge in [0.2, 0.25) is 0 Å². The fourth-order valence-electron chi connectivity index (χ4n) is 2.73. The molecule has 0 aliphatic rings. The SMILES string of the molecule is CCC(NC(C)Cc1ccccc1C)c1ccc(O)cc1. The van der Waals surface area contributed by atoms with Gasteiger partial charge in [-0.3, -0.25) is 0 Å². The predicted octanol–water partition coefficient (Wildman–Crippen LogP) is 4.37. The largest absolute Gasteiger partial charge is 0.508 e. The minimum Gasteiger partial charge on any atom is -0.508 e. The van der Waals surface area contributed by atoms with Crippen LogP contribution < -0.4 is 5.32 Å². The Hall–Kier alpha value is -1.80. The van der Waals surface area contributed by atoms with Crippen LogP contribution in [0.15, 0.2) is 48.5 Å². The molecule has 2 aromatic rings. The van der Waals surface area contributed by atoms with Gasteiger partial charge in [0.15, 0.2) is 0 Å². The number of aryl methyl sites for hydroxylation is 1. The van der Waals surface area contributed by atoms with Gasteiger partial charge in [0.05, 0.1) is 0 Å². The lowest BCUT2D eigenvalue weighted by Gasteiger charge is -2.23. The molecule has 2 heteroatoms. The van der Waals surface area contributed by atoms with Crippen LogP contribution in [-0.4, -0.2) is 11.1 Å². The number of hydrogen-bond acceptors (Lipinski definition) is 2. The van der Waals surface area contributed by atoms with E-state index >= 15 is 0 Å². The molecule has 0 saturated heterocycles. The normalized spacial score (nSPS) is 13.9. The monoisotopic (exact) mass is 283 g/mol. The number of hydrogen-bond donors (Lipinski definition) is 2. The summed E-state index contributed by atoms with van der Waals surface area (Å²) in [6, 6.07) is 16.8. The first-order valence-corrected chi connectivity index (χ1v) is 7.69. The quantitative estimate of drug-likeness (QED) is 0.825. The molecule has 112 valence electrons. The van der Waals surface area contributed by atoms with Crippen molar-refractivity contribution in [3.63, 3.8) is 0 Å². The standard InChI is InChI=1S/C19H25NO/c1-4-19(16-9-11-18(21)12-10-16)20-15(3)13-17-8-6-5-7-14(17)2/h5-12,15,19-21H,4,13H2,1-3H3. The third kappa shape index (κ3) is 4.33. The third-order valence-corrected chi connectivity index (χ3v) is 3.98. The van der Waals surface area contributed by atoms with E-state index in [0.717, 1.165) is 12.8 Å². The highest BCUT2D eigenvalue weighted by atomic mass is 16.3. The first kappa shape index (κ1) is 15.6. The molecule has 0 radical (unpaired) electrons. The molecule has 2 rings (SSSR count). The fourth-order valence-corrected chi connectivity index (χ4v) is 2.73. The molecule has 0 amide bonds. The number of nitrogens with one attached hydrogen (secondary N) is 1. The molecular formula is C19H25NO. The van der Waals surface area contributed by atoms with Crippen LogP contribution in [0.2, 0.25) is 0 Å². The molecule has 0 fully saturated rings. The first-order valence-electron chi connectivity index (χ1n) is 7.69. The second-order valence-electron chi connectivity index (χ2n) is 5.75. The Morgan fingerprint density at radius 2 is 1.71 bits per heavy atom. The first-order chi connectivity index (χ1) is 10.1. The molecule has 0 saturated carbocycles. The van der Waals surface area contributed by atoms with E-state index in [-0.39, 0.29) is 0 Å². The van der Waals surface area contributed by atoms with Crippen molar-refractivity contribution < 1.29 is 5.11 Å². The summed E-state index contributed by atoms with van der Waals surface area (Å²) >= 11 is 0. The summed E-state index contributed by atoms with van der Waals surface area (Å²) in [4.78, 5) is 0. The van der Waals surface area contributed by atoms with Gasteiger partial charge in [0.1, 0.15) is 5.75 Å². The van der Waals surface area contributed by atoms with E-state index in [2.05, 4.69) is 50.4 Å². The van der Waals surface area contributed by atoms with Crippen LogP contribution in [0.3, 0.4) is 0 Å². The third-order valence-electron chi connectivity index (χ3n) is 3.98. The summed E-state index contributed by atoms with van der Waals surface area (Å²) in [5.74, 6) is 0.321. The van der Waals surface area contributed by atoms with Crippen LogP contribution in [0.25, 0.3) is 0 Å². The van der Waals surface area contributed by atoms with Crippen LogP contribution in [-0.2, 0) is 6.42 Å². The minimum absolute atomic E-state index is 0.321. The molecule has 2 aromatic carbocycles. The lowest BCUT2D eigenvalue weighted by atomic mass is 9.99. The van der Waals surface area contributed by atoms with Gasteiger partial charge in [-0.25, -0.2) is 0 Å². The van der Waals surface area contributed by atoms with E-state index in [1.807, 2.05) is 12.1 Å². The number of rotatable bonds is 6. The van der Waals surface area contributed by atoms with Gasteiger partial charge in [0, 0.05) is 12.1 Å². The van der Waals surface area contributed by atoms with Crippen molar-refractivity contribution in [3.05, 3.63) is 65.2 Å². The molecule has 0 spiro atoms. The average Bonchev–Trinajstić information content (AvgIpc) is 2.48. The van der Waals surface area contributed by atoms with Gasteiger partial charge >= 0.3 is 0 Å². The van der Waals surface area contributed by atoms with E-state index in [0.29, 0.717) is 17.8 Å². The van der Waals surface area contributed by atoms with Crippen molar-refractivity contribution in [1.29, 1.82) is 0 Å². The van der Waals surface area contributed by atoms with Gasteiger partial charge in [-0.1, -0.05) is 43.3 Å². The number of aromatic hydroxyl groups is 1. The summed E-state index contributed by atoms with van der Waals surface area (Å²) in [6.07, 6.45) is 2.06. The summed E-state index contributed by atoms with van der Waals surface area (Å²) in [7, 11) is 0. The molecule has 21 heavy (non-hydrogen) atoms. The van der Waals surface area contributed by atoms with Crippen LogP contribution >= 0.6 is 0 Å². The maximum absolute atomic E-state index is 9.40. The zero-order chi connectivity index (χ0) is 15.2. The molecule has 2 nitrogen and oxygen atoms in total.